The normalized spacial score (nSPS) is 35.7. The van der Waals surface area contributed by atoms with Crippen LogP contribution in [0.4, 0.5) is 5.69 Å². The number of primary amides is 1. The van der Waals surface area contributed by atoms with E-state index in [1.54, 1.807) is 14.1 Å². The van der Waals surface area contributed by atoms with E-state index in [1.807, 2.05) is 25.1 Å². The van der Waals surface area contributed by atoms with Crippen molar-refractivity contribution in [2.45, 2.75) is 63.0 Å². The van der Waals surface area contributed by atoms with Gasteiger partial charge in [0.1, 0.15) is 5.75 Å². The van der Waals surface area contributed by atoms with E-state index in [-0.39, 0.29) is 30.1 Å². The minimum atomic E-state index is -2.71. The number of ketones is 4. The molecule has 0 bridgehead atoms. The van der Waals surface area contributed by atoms with E-state index in [0.717, 1.165) is 31.4 Å². The molecule has 1 aromatic rings. The number of anilines is 1. The van der Waals surface area contributed by atoms with E-state index in [9.17, 15) is 34.2 Å². The maximum Gasteiger partial charge on any atom is 0.235 e. The number of likely N-dealkylation sites (N-methyl/N-ethyl adjacent to an activating group) is 1. The SMILES string of the molecule is CC1CCC(c2cc(N(C)C)c3c(c2O)C(=O)C2C(=O)[C@@]4(O)C(=O)C(C(N)=O)C(=O)[C@H](N(C)C)[C@H]4C[C@H]2C3)CC1. The molecule has 10 nitrogen and oxygen atoms in total. The van der Waals surface area contributed by atoms with E-state index >= 15 is 0 Å². The molecule has 1 aromatic carbocycles. The zero-order chi connectivity index (χ0) is 29.4. The lowest BCUT2D eigenvalue weighted by atomic mass is 9.52. The van der Waals surface area contributed by atoms with Gasteiger partial charge in [-0.2, -0.15) is 0 Å². The average Bonchev–Trinajstić information content (AvgIpc) is 2.86. The number of carbonyl (C=O) groups is 5. The Kier molecular flexibility index (Phi) is 6.94. The minimum Gasteiger partial charge on any atom is -0.507 e. The number of rotatable bonds is 4. The second kappa shape index (κ2) is 9.76. The fraction of sp³-hybridized carbons (Fsp3) is 0.633. The van der Waals surface area contributed by atoms with Crippen molar-refractivity contribution in [3.63, 3.8) is 0 Å². The molecule has 4 aliphatic rings. The molecule has 6 atom stereocenters. The van der Waals surface area contributed by atoms with Crippen LogP contribution in [0.2, 0.25) is 0 Å². The van der Waals surface area contributed by atoms with Crippen LogP contribution < -0.4 is 10.6 Å². The van der Waals surface area contributed by atoms with Crippen molar-refractivity contribution in [2.75, 3.05) is 33.1 Å². The first-order valence-corrected chi connectivity index (χ1v) is 14.1. The highest BCUT2D eigenvalue weighted by Crippen LogP contribution is 2.53. The molecule has 0 aliphatic heterocycles. The van der Waals surface area contributed by atoms with Crippen molar-refractivity contribution in [3.8, 4) is 5.75 Å². The second-order valence-electron chi connectivity index (χ2n) is 12.8. The highest BCUT2D eigenvalue weighted by Gasteiger charge is 2.69. The predicted molar refractivity (Wildman–Crippen MR) is 146 cm³/mol. The van der Waals surface area contributed by atoms with Crippen LogP contribution in [0.3, 0.4) is 0 Å². The molecule has 0 aromatic heterocycles. The molecule has 0 heterocycles. The minimum absolute atomic E-state index is 0.0415. The first-order chi connectivity index (χ1) is 18.7. The Morgan fingerprint density at radius 2 is 1.65 bits per heavy atom. The van der Waals surface area contributed by atoms with Crippen molar-refractivity contribution < 1.29 is 34.2 Å². The number of amides is 1. The average molecular weight is 554 g/mol. The van der Waals surface area contributed by atoms with Crippen LogP contribution in [0, 0.1) is 29.6 Å². The number of phenols is 1. The molecule has 2 unspecified atom stereocenters. The Balaban J connectivity index is 1.64. The highest BCUT2D eigenvalue weighted by atomic mass is 16.3. The van der Waals surface area contributed by atoms with Gasteiger partial charge in [-0.3, -0.25) is 28.9 Å². The summed E-state index contributed by atoms with van der Waals surface area (Å²) in [4.78, 5) is 70.5. The zero-order valence-electron chi connectivity index (χ0n) is 23.8. The van der Waals surface area contributed by atoms with Crippen molar-refractivity contribution in [2.24, 2.45) is 35.3 Å². The van der Waals surface area contributed by atoms with E-state index in [2.05, 4.69) is 6.92 Å². The predicted octanol–water partition coefficient (Wildman–Crippen LogP) is 1.23. The van der Waals surface area contributed by atoms with Gasteiger partial charge in [-0.05, 0) is 74.7 Å². The first kappa shape index (κ1) is 28.4. The Bertz CT molecular complexity index is 1310. The van der Waals surface area contributed by atoms with Crippen molar-refractivity contribution in [3.05, 3.63) is 22.8 Å². The van der Waals surface area contributed by atoms with Crippen LogP contribution in [-0.4, -0.2) is 84.0 Å². The first-order valence-electron chi connectivity index (χ1n) is 14.1. The number of aromatic hydroxyl groups is 1. The smallest absolute Gasteiger partial charge is 0.235 e. The van der Waals surface area contributed by atoms with Gasteiger partial charge in [0.15, 0.2) is 34.7 Å². The number of hydrogen-bond donors (Lipinski definition) is 3. The number of nitrogens with two attached hydrogens (primary N) is 1. The number of aliphatic hydroxyl groups is 1. The molecule has 40 heavy (non-hydrogen) atoms. The monoisotopic (exact) mass is 553 g/mol. The van der Waals surface area contributed by atoms with Gasteiger partial charge in [-0.1, -0.05) is 19.8 Å². The van der Waals surface area contributed by atoms with Gasteiger partial charge in [-0.25, -0.2) is 0 Å². The van der Waals surface area contributed by atoms with Crippen LogP contribution >= 0.6 is 0 Å². The molecule has 1 amide bonds. The second-order valence-corrected chi connectivity index (χ2v) is 12.8. The molecular weight excluding hydrogens is 514 g/mol. The van der Waals surface area contributed by atoms with Crippen LogP contribution in [0.25, 0.3) is 0 Å². The summed E-state index contributed by atoms with van der Waals surface area (Å²) in [5.74, 6) is -9.42. The van der Waals surface area contributed by atoms with E-state index < -0.39 is 64.4 Å². The number of hydrogen-bond acceptors (Lipinski definition) is 9. The maximum atomic E-state index is 14.2. The molecule has 0 spiro atoms. The number of benzene rings is 1. The van der Waals surface area contributed by atoms with Crippen LogP contribution in [0.5, 0.6) is 5.75 Å². The molecule has 3 saturated carbocycles. The van der Waals surface area contributed by atoms with Gasteiger partial charge in [0.2, 0.25) is 5.91 Å². The fourth-order valence-electron chi connectivity index (χ4n) is 7.95. The fourth-order valence-corrected chi connectivity index (χ4v) is 7.95. The molecule has 0 saturated heterocycles. The standard InChI is InChI=1S/C30H39N3O7/c1-13-6-8-14(9-7-13)16-12-19(32(2)3)17-10-15-11-18-23(33(4)5)26(36)22(29(31)39)28(38)30(18,40)27(37)20(15)25(35)21(17)24(16)34/h12-15,18,20,22-23,34,40H,6-11H2,1-5H3,(H2,31,39)/t13?,14?,15-,18-,20?,22?,23-,30-/m1/s1. The lowest BCUT2D eigenvalue weighted by molar-refractivity contribution is -0.181. The topological polar surface area (TPSA) is 158 Å². The van der Waals surface area contributed by atoms with Crippen molar-refractivity contribution in [1.29, 1.82) is 0 Å². The number of nitrogens with zero attached hydrogens (tertiary/aromatic N) is 2. The summed E-state index contributed by atoms with van der Waals surface area (Å²) in [7, 11) is 6.88. The lowest BCUT2D eigenvalue weighted by Crippen LogP contribution is -2.74. The van der Waals surface area contributed by atoms with Crippen molar-refractivity contribution >= 4 is 34.7 Å². The number of fused-ring (bicyclic) bond motifs is 3. The van der Waals surface area contributed by atoms with Crippen LogP contribution in [0.1, 0.15) is 66.4 Å². The molecule has 3 fully saturated rings. The summed E-state index contributed by atoms with van der Waals surface area (Å²) in [6, 6.07) is 0.844. The van der Waals surface area contributed by atoms with E-state index in [1.165, 1.54) is 4.90 Å². The number of phenolic OH excluding ortho intramolecular Hbond substituents is 1. The van der Waals surface area contributed by atoms with Gasteiger partial charge >= 0.3 is 0 Å². The third-order valence-corrected chi connectivity index (χ3v) is 10.0. The molecule has 10 heteroatoms. The van der Waals surface area contributed by atoms with E-state index in [0.29, 0.717) is 17.0 Å². The molecular formula is C30H39N3O7. The summed E-state index contributed by atoms with van der Waals surface area (Å²) in [6.45, 7) is 2.20. The summed E-state index contributed by atoms with van der Waals surface area (Å²) in [6.07, 6.45) is 4.08. The molecule has 216 valence electrons. The van der Waals surface area contributed by atoms with E-state index in [4.69, 9.17) is 5.73 Å². The largest absolute Gasteiger partial charge is 0.507 e. The molecule has 4 N–H and O–H groups in total. The Labute approximate surface area is 233 Å². The zero-order valence-corrected chi connectivity index (χ0v) is 23.8. The molecule has 4 aliphatic carbocycles. The maximum absolute atomic E-state index is 14.2. The summed E-state index contributed by atoms with van der Waals surface area (Å²) >= 11 is 0. The Morgan fingerprint density at radius 1 is 1.02 bits per heavy atom. The van der Waals surface area contributed by atoms with Gasteiger partial charge in [0.05, 0.1) is 17.5 Å². The Morgan fingerprint density at radius 3 is 2.20 bits per heavy atom. The lowest BCUT2D eigenvalue weighted by Gasteiger charge is -2.52. The Hall–Kier alpha value is -3.11. The summed E-state index contributed by atoms with van der Waals surface area (Å²) in [5, 5.41) is 23.3. The highest BCUT2D eigenvalue weighted by molar-refractivity contribution is 6.32. The molecule has 5 rings (SSSR count). The van der Waals surface area contributed by atoms with Gasteiger partial charge < -0.3 is 20.8 Å². The van der Waals surface area contributed by atoms with Crippen molar-refractivity contribution in [1.82, 2.24) is 4.90 Å². The van der Waals surface area contributed by atoms with Gasteiger partial charge in [0, 0.05) is 25.7 Å². The molecule has 0 radical (unpaired) electrons. The van der Waals surface area contributed by atoms with Crippen LogP contribution in [0.15, 0.2) is 6.07 Å². The van der Waals surface area contributed by atoms with Crippen LogP contribution in [-0.2, 0) is 25.6 Å². The summed E-state index contributed by atoms with van der Waals surface area (Å²) in [5.41, 5.74) is 4.85. The number of Topliss-reactive ketones (excluding diaryl/α,β-unsaturated/α-hetero) is 4. The third-order valence-electron chi connectivity index (χ3n) is 10.0. The third kappa shape index (κ3) is 3.94. The number of carbonyl (C=O) groups excluding carboxylic acids is 5. The quantitative estimate of drug-likeness (QED) is 0.466. The van der Waals surface area contributed by atoms with Gasteiger partial charge in [0.25, 0.3) is 0 Å². The summed E-state index contributed by atoms with van der Waals surface area (Å²) < 4.78 is 0. The van der Waals surface area contributed by atoms with Gasteiger partial charge in [-0.15, -0.1) is 0 Å².